The monoisotopic (exact) mass is 280 g/mol. The first-order valence-corrected chi connectivity index (χ1v) is 6.61. The summed E-state index contributed by atoms with van der Waals surface area (Å²) >= 11 is 0. The summed E-state index contributed by atoms with van der Waals surface area (Å²) in [6.45, 7) is 1.58. The van der Waals surface area contributed by atoms with Crippen LogP contribution in [0.3, 0.4) is 0 Å². The fourth-order valence-corrected chi connectivity index (χ4v) is 2.25. The molecule has 1 saturated heterocycles. The molecule has 5 heteroatoms. The average molecular weight is 280 g/mol. The van der Waals surface area contributed by atoms with Crippen LogP contribution in [0.25, 0.3) is 6.08 Å². The fraction of sp³-hybridized carbons (Fsp3) is 0.467. The topological polar surface area (TPSA) is 90.2 Å². The zero-order valence-electron chi connectivity index (χ0n) is 11.2. The molecule has 0 aliphatic carbocycles. The Bertz CT molecular complexity index is 447. The summed E-state index contributed by atoms with van der Waals surface area (Å²) in [6.07, 6.45) is -3.31. The van der Waals surface area contributed by atoms with Crippen molar-refractivity contribution in [3.63, 3.8) is 0 Å². The van der Waals surface area contributed by atoms with E-state index in [1.807, 2.05) is 30.3 Å². The first-order chi connectivity index (χ1) is 9.50. The molecule has 0 bridgehead atoms. The summed E-state index contributed by atoms with van der Waals surface area (Å²) in [7, 11) is 0. The van der Waals surface area contributed by atoms with Crippen LogP contribution in [0.2, 0.25) is 0 Å². The van der Waals surface area contributed by atoms with Crippen LogP contribution in [-0.2, 0) is 4.74 Å². The fourth-order valence-electron chi connectivity index (χ4n) is 2.25. The number of hydrogen-bond acceptors (Lipinski definition) is 5. The highest BCUT2D eigenvalue weighted by molar-refractivity contribution is 5.49. The van der Waals surface area contributed by atoms with Gasteiger partial charge in [0.05, 0.1) is 6.10 Å². The van der Waals surface area contributed by atoms with E-state index in [0.717, 1.165) is 5.56 Å². The van der Waals surface area contributed by atoms with Gasteiger partial charge < -0.3 is 25.2 Å². The Labute approximate surface area is 117 Å². The normalized spacial score (nSPS) is 36.1. The molecule has 0 spiro atoms. The third kappa shape index (κ3) is 3.26. The van der Waals surface area contributed by atoms with Crippen LogP contribution in [0.5, 0.6) is 0 Å². The lowest BCUT2D eigenvalue weighted by molar-refractivity contribution is -0.232. The quantitative estimate of drug-likeness (QED) is 0.622. The van der Waals surface area contributed by atoms with Gasteiger partial charge in [-0.25, -0.2) is 0 Å². The van der Waals surface area contributed by atoms with Crippen molar-refractivity contribution in [3.8, 4) is 0 Å². The maximum absolute atomic E-state index is 10.1. The molecule has 4 N–H and O–H groups in total. The molecule has 1 aliphatic heterocycles. The van der Waals surface area contributed by atoms with Crippen LogP contribution in [0.4, 0.5) is 0 Å². The molecule has 1 aliphatic rings. The van der Waals surface area contributed by atoms with Gasteiger partial charge in [0.1, 0.15) is 30.5 Å². The van der Waals surface area contributed by atoms with E-state index >= 15 is 0 Å². The number of aliphatic hydroxyl groups excluding tert-OH is 4. The molecular formula is C15H20O5. The molecule has 0 saturated carbocycles. The van der Waals surface area contributed by atoms with E-state index in [0.29, 0.717) is 0 Å². The summed E-state index contributed by atoms with van der Waals surface area (Å²) in [5.74, 6) is 0. The minimum atomic E-state index is -1.34. The van der Waals surface area contributed by atoms with E-state index in [-0.39, 0.29) is 0 Å². The third-order valence-corrected chi connectivity index (χ3v) is 3.51. The van der Waals surface area contributed by atoms with Crippen LogP contribution in [0.15, 0.2) is 36.4 Å². The van der Waals surface area contributed by atoms with Crippen LogP contribution in [0, 0.1) is 0 Å². The highest BCUT2D eigenvalue weighted by Gasteiger charge is 2.43. The van der Waals surface area contributed by atoms with Crippen molar-refractivity contribution in [2.24, 2.45) is 0 Å². The van der Waals surface area contributed by atoms with Crippen molar-refractivity contribution < 1.29 is 25.2 Å². The molecule has 5 nitrogen and oxygen atoms in total. The van der Waals surface area contributed by atoms with Gasteiger partial charge in [-0.3, -0.25) is 0 Å². The second-order valence-corrected chi connectivity index (χ2v) is 5.04. The van der Waals surface area contributed by atoms with Crippen molar-refractivity contribution in [2.75, 3.05) is 0 Å². The molecule has 0 aromatic heterocycles. The molecule has 110 valence electrons. The van der Waals surface area contributed by atoms with Gasteiger partial charge in [0, 0.05) is 0 Å². The van der Waals surface area contributed by atoms with Crippen molar-refractivity contribution in [1.82, 2.24) is 0 Å². The molecule has 0 amide bonds. The standard InChI is InChI=1S/C15H20O5/c1-9-12(17)13(18)14(19)15(20-9)11(16)8-7-10-5-3-2-4-6-10/h2-9,11-19H,1H3/t9-,11?,12-,13+,14+,15?/m0/s1. The minimum Gasteiger partial charge on any atom is -0.388 e. The lowest BCUT2D eigenvalue weighted by atomic mass is 9.92. The van der Waals surface area contributed by atoms with E-state index in [9.17, 15) is 20.4 Å². The second-order valence-electron chi connectivity index (χ2n) is 5.04. The van der Waals surface area contributed by atoms with Crippen LogP contribution in [0.1, 0.15) is 12.5 Å². The Balaban J connectivity index is 2.05. The van der Waals surface area contributed by atoms with Crippen molar-refractivity contribution in [1.29, 1.82) is 0 Å². The Morgan fingerprint density at radius 2 is 1.70 bits per heavy atom. The zero-order valence-corrected chi connectivity index (χ0v) is 11.2. The molecule has 2 rings (SSSR count). The largest absolute Gasteiger partial charge is 0.388 e. The SMILES string of the molecule is C[C@@H]1OC(C(O)C=Cc2ccccc2)[C@H](O)[C@H](O)[C@H]1O. The maximum atomic E-state index is 10.1. The Hall–Kier alpha value is -1.24. The van der Waals surface area contributed by atoms with Gasteiger partial charge in [-0.15, -0.1) is 0 Å². The highest BCUT2D eigenvalue weighted by atomic mass is 16.5. The van der Waals surface area contributed by atoms with E-state index in [2.05, 4.69) is 0 Å². The van der Waals surface area contributed by atoms with Crippen LogP contribution in [-0.4, -0.2) is 57.0 Å². The third-order valence-electron chi connectivity index (χ3n) is 3.51. The average Bonchev–Trinajstić information content (AvgIpc) is 2.47. The van der Waals surface area contributed by atoms with E-state index in [1.165, 1.54) is 6.08 Å². The van der Waals surface area contributed by atoms with Crippen molar-refractivity contribution >= 4 is 6.08 Å². The molecule has 0 radical (unpaired) electrons. The first kappa shape index (κ1) is 15.2. The predicted molar refractivity (Wildman–Crippen MR) is 73.8 cm³/mol. The summed E-state index contributed by atoms with van der Waals surface area (Å²) < 4.78 is 5.37. The molecule has 1 fully saturated rings. The molecule has 1 aromatic carbocycles. The highest BCUT2D eigenvalue weighted by Crippen LogP contribution is 2.23. The number of benzene rings is 1. The van der Waals surface area contributed by atoms with Crippen LogP contribution >= 0.6 is 0 Å². The van der Waals surface area contributed by atoms with Gasteiger partial charge in [0.25, 0.3) is 0 Å². The lowest BCUT2D eigenvalue weighted by Crippen LogP contribution is -2.59. The maximum Gasteiger partial charge on any atom is 0.116 e. The van der Waals surface area contributed by atoms with E-state index in [4.69, 9.17) is 4.74 Å². The van der Waals surface area contributed by atoms with Crippen LogP contribution < -0.4 is 0 Å². The molecule has 1 aromatic rings. The van der Waals surface area contributed by atoms with Gasteiger partial charge in [-0.2, -0.15) is 0 Å². The van der Waals surface area contributed by atoms with E-state index < -0.39 is 36.6 Å². The first-order valence-electron chi connectivity index (χ1n) is 6.61. The number of ether oxygens (including phenoxy) is 1. The number of rotatable bonds is 3. The molecule has 20 heavy (non-hydrogen) atoms. The Morgan fingerprint density at radius 3 is 2.35 bits per heavy atom. The number of aliphatic hydroxyl groups is 4. The molecular weight excluding hydrogens is 260 g/mol. The zero-order chi connectivity index (χ0) is 14.7. The Kier molecular flexibility index (Phi) is 4.91. The van der Waals surface area contributed by atoms with Gasteiger partial charge in [-0.1, -0.05) is 42.5 Å². The Morgan fingerprint density at radius 1 is 1.05 bits per heavy atom. The van der Waals surface area contributed by atoms with Gasteiger partial charge in [0.2, 0.25) is 0 Å². The van der Waals surface area contributed by atoms with Crippen molar-refractivity contribution in [2.45, 2.75) is 43.5 Å². The van der Waals surface area contributed by atoms with Gasteiger partial charge in [0.15, 0.2) is 0 Å². The summed E-state index contributed by atoms with van der Waals surface area (Å²) in [6, 6.07) is 9.40. The summed E-state index contributed by atoms with van der Waals surface area (Å²) in [4.78, 5) is 0. The molecule has 1 heterocycles. The summed E-state index contributed by atoms with van der Waals surface area (Å²) in [5, 5.41) is 39.2. The smallest absolute Gasteiger partial charge is 0.116 e. The summed E-state index contributed by atoms with van der Waals surface area (Å²) in [5.41, 5.74) is 0.908. The second kappa shape index (κ2) is 6.47. The van der Waals surface area contributed by atoms with Crippen molar-refractivity contribution in [3.05, 3.63) is 42.0 Å². The van der Waals surface area contributed by atoms with E-state index in [1.54, 1.807) is 13.0 Å². The lowest BCUT2D eigenvalue weighted by Gasteiger charge is -2.40. The molecule has 6 atom stereocenters. The molecule has 2 unspecified atom stereocenters. The minimum absolute atomic E-state index is 0.654. The van der Waals surface area contributed by atoms with Gasteiger partial charge in [-0.05, 0) is 12.5 Å². The van der Waals surface area contributed by atoms with Gasteiger partial charge >= 0.3 is 0 Å². The number of hydrogen-bond donors (Lipinski definition) is 4. The predicted octanol–water partition coefficient (Wildman–Crippen LogP) is -0.0693.